The van der Waals surface area contributed by atoms with Crippen molar-refractivity contribution in [2.24, 2.45) is 5.92 Å². The Balaban J connectivity index is 0.000000188. The number of halogens is 1. The van der Waals surface area contributed by atoms with Crippen molar-refractivity contribution in [3.8, 4) is 22.5 Å². The van der Waals surface area contributed by atoms with Crippen molar-refractivity contribution >= 4 is 39.7 Å². The molecule has 0 N–H and O–H groups in total. The van der Waals surface area contributed by atoms with Gasteiger partial charge in [0.2, 0.25) is 11.7 Å². The Labute approximate surface area is 289 Å². The summed E-state index contributed by atoms with van der Waals surface area (Å²) in [4.78, 5) is 13.0. The first-order chi connectivity index (χ1) is 22.0. The SMILES string of the molecule is Fc1ccc2c(n1)oc1c(-c3cc(CC4CCCC4)ccn3)[c-]ccc12.[2H]C(C)(C)c1cc(-c2[c-]cccc2)nc[c]1[Ge]([CH3])([CH3])[CH3].[Ir]. The molecule has 1 aliphatic carbocycles. The third-order valence-corrected chi connectivity index (χ3v) is 12.8. The largest absolute Gasteiger partial charge is 0 e. The second-order valence-corrected chi connectivity index (χ2v) is 23.8. The first kappa shape index (κ1) is 32.7. The fourth-order valence-electron chi connectivity index (χ4n) is 6.24. The average molecular weight is 852 g/mol. The van der Waals surface area contributed by atoms with Gasteiger partial charge in [-0.2, -0.15) is 9.37 Å². The number of benzene rings is 2. The van der Waals surface area contributed by atoms with Gasteiger partial charge in [0, 0.05) is 31.7 Å². The molecule has 4 heterocycles. The van der Waals surface area contributed by atoms with Crippen LogP contribution in [-0.4, -0.2) is 28.2 Å². The molecule has 1 saturated carbocycles. The number of furan rings is 1. The number of pyridine rings is 3. The summed E-state index contributed by atoms with van der Waals surface area (Å²) in [6.45, 7) is 3.91. The van der Waals surface area contributed by atoms with Crippen LogP contribution < -0.4 is 4.40 Å². The molecular formula is C39H40FGeIrN3O-2. The minimum Gasteiger partial charge on any atom is 0 e. The van der Waals surface area contributed by atoms with Gasteiger partial charge >= 0.3 is 120 Å². The Morgan fingerprint density at radius 3 is 2.48 bits per heavy atom. The Bertz CT molecular complexity index is 1980. The zero-order chi connectivity index (χ0) is 32.5. The summed E-state index contributed by atoms with van der Waals surface area (Å²) in [5.41, 5.74) is 6.93. The second-order valence-electron chi connectivity index (χ2n) is 13.2. The van der Waals surface area contributed by atoms with Crippen LogP contribution in [0, 0.1) is 24.0 Å². The maximum absolute atomic E-state index is 13.4. The molecule has 1 radical (unpaired) electrons. The summed E-state index contributed by atoms with van der Waals surface area (Å²) in [5.74, 6) is 6.68. The van der Waals surface area contributed by atoms with Crippen LogP contribution in [0.1, 0.15) is 57.9 Å². The van der Waals surface area contributed by atoms with Crippen molar-refractivity contribution in [1.29, 1.82) is 0 Å². The molecule has 7 heteroatoms. The fourth-order valence-corrected chi connectivity index (χ4v) is 9.56. The molecule has 0 unspecified atom stereocenters. The van der Waals surface area contributed by atoms with Crippen LogP contribution in [0.4, 0.5) is 4.39 Å². The summed E-state index contributed by atoms with van der Waals surface area (Å²) in [5, 5.41) is 1.71. The van der Waals surface area contributed by atoms with E-state index in [-0.39, 0.29) is 20.1 Å². The third-order valence-electron chi connectivity index (χ3n) is 8.58. The second kappa shape index (κ2) is 14.7. The molecule has 1 fully saturated rings. The molecule has 4 nitrogen and oxygen atoms in total. The van der Waals surface area contributed by atoms with Crippen molar-refractivity contribution in [3.05, 3.63) is 108 Å². The molecule has 0 atom stereocenters. The van der Waals surface area contributed by atoms with Crippen LogP contribution in [0.3, 0.4) is 0 Å². The first-order valence-electron chi connectivity index (χ1n) is 16.3. The topological polar surface area (TPSA) is 51.8 Å². The minimum atomic E-state index is -2.03. The molecule has 0 saturated heterocycles. The zero-order valence-corrected chi connectivity index (χ0v) is 31.6. The van der Waals surface area contributed by atoms with E-state index in [0.29, 0.717) is 11.3 Å². The molecule has 7 rings (SSSR count). The summed E-state index contributed by atoms with van der Waals surface area (Å²) in [6, 6.07) is 27.5. The number of nitrogens with zero attached hydrogens (tertiary/aromatic N) is 3. The van der Waals surface area contributed by atoms with Crippen LogP contribution in [-0.2, 0) is 26.5 Å². The van der Waals surface area contributed by atoms with Crippen LogP contribution in [0.5, 0.6) is 0 Å². The van der Waals surface area contributed by atoms with Gasteiger partial charge in [-0.05, 0) is 36.2 Å². The van der Waals surface area contributed by atoms with Crippen LogP contribution >= 0.6 is 0 Å². The van der Waals surface area contributed by atoms with E-state index in [0.717, 1.165) is 51.2 Å². The number of hydrogen-bond donors (Lipinski definition) is 0. The van der Waals surface area contributed by atoms with Gasteiger partial charge in [0.25, 0.3) is 0 Å². The molecule has 46 heavy (non-hydrogen) atoms. The van der Waals surface area contributed by atoms with Gasteiger partial charge in [0.1, 0.15) is 0 Å². The normalized spacial score (nSPS) is 14.1. The Hall–Kier alpha value is -3.19. The number of rotatable bonds is 6. The van der Waals surface area contributed by atoms with Crippen molar-refractivity contribution in [2.45, 2.75) is 69.1 Å². The monoisotopic (exact) mass is 853 g/mol. The van der Waals surface area contributed by atoms with Gasteiger partial charge in [-0.1, -0.05) is 48.3 Å². The summed E-state index contributed by atoms with van der Waals surface area (Å²) in [7, 11) is 0. The average Bonchev–Trinajstić information content (AvgIpc) is 3.68. The summed E-state index contributed by atoms with van der Waals surface area (Å²) < 4.78 is 29.1. The molecule has 2 aromatic carbocycles. The first-order valence-corrected chi connectivity index (χ1v) is 23.1. The smallest absolute Gasteiger partial charge is 0 e. The molecule has 4 aromatic heterocycles. The Kier molecular flexibility index (Phi) is 10.5. The molecule has 1 aliphatic rings. The van der Waals surface area contributed by atoms with E-state index in [1.807, 2.05) is 62.6 Å². The van der Waals surface area contributed by atoms with E-state index in [2.05, 4.69) is 62.6 Å². The quantitative estimate of drug-likeness (QED) is 0.0952. The van der Waals surface area contributed by atoms with Crippen molar-refractivity contribution in [1.82, 2.24) is 15.0 Å². The standard InChI is InChI=1S/C22H18FN2O.C17H22GeN.Ir/c23-20-9-8-17-16-6-3-7-18(21(16)26-22(17)25-20)19-13-15(10-11-24-19)12-14-4-1-2-5-14;1-13(2)15-11-17(14-9-7-6-8-10-14)19-12-16(15)18(3,4)5;/h3,6,8-11,13-14H,1-2,4-5,12H2;6-9,11-13H,1-5H3;/q2*-1;/i;13D;. The van der Waals surface area contributed by atoms with Crippen LogP contribution in [0.15, 0.2) is 83.5 Å². The summed E-state index contributed by atoms with van der Waals surface area (Å²) >= 11 is -2.03. The Morgan fingerprint density at radius 2 is 1.76 bits per heavy atom. The van der Waals surface area contributed by atoms with E-state index < -0.39 is 25.1 Å². The molecule has 0 aliphatic heterocycles. The number of fused-ring (bicyclic) bond motifs is 3. The van der Waals surface area contributed by atoms with Gasteiger partial charge < -0.3 is 9.40 Å². The third kappa shape index (κ3) is 7.67. The number of hydrogen-bond acceptors (Lipinski definition) is 4. The van der Waals surface area contributed by atoms with E-state index in [4.69, 9.17) is 5.79 Å². The molecule has 0 amide bonds. The van der Waals surface area contributed by atoms with E-state index in [1.54, 1.807) is 6.07 Å². The minimum absolute atomic E-state index is 0. The maximum Gasteiger partial charge on any atom is 0 e. The van der Waals surface area contributed by atoms with Crippen molar-refractivity contribution in [3.63, 3.8) is 0 Å². The predicted molar refractivity (Wildman–Crippen MR) is 185 cm³/mol. The van der Waals surface area contributed by atoms with Gasteiger partial charge in [0.15, 0.2) is 0 Å². The van der Waals surface area contributed by atoms with E-state index in [9.17, 15) is 4.39 Å². The molecule has 6 aromatic rings. The van der Waals surface area contributed by atoms with Crippen LogP contribution in [0.2, 0.25) is 17.3 Å². The van der Waals surface area contributed by atoms with Crippen LogP contribution in [0.25, 0.3) is 44.6 Å². The molecule has 239 valence electrons. The van der Waals surface area contributed by atoms with Gasteiger partial charge in [-0.3, -0.25) is 0 Å². The van der Waals surface area contributed by atoms with E-state index in [1.165, 1.54) is 41.7 Å². The van der Waals surface area contributed by atoms with Crippen molar-refractivity contribution in [2.75, 3.05) is 0 Å². The number of aromatic nitrogens is 3. The van der Waals surface area contributed by atoms with Gasteiger partial charge in [-0.15, -0.1) is 18.2 Å². The summed E-state index contributed by atoms with van der Waals surface area (Å²) in [6.07, 6.45) is 10.3. The van der Waals surface area contributed by atoms with Gasteiger partial charge in [-0.25, -0.2) is 0 Å². The van der Waals surface area contributed by atoms with E-state index >= 15 is 0 Å². The van der Waals surface area contributed by atoms with Crippen molar-refractivity contribution < 1.29 is 30.3 Å². The molecule has 0 bridgehead atoms. The predicted octanol–water partition coefficient (Wildman–Crippen LogP) is 9.93. The fraction of sp³-hybridized carbons (Fsp3) is 0.308. The Morgan fingerprint density at radius 1 is 0.957 bits per heavy atom. The zero-order valence-electron chi connectivity index (χ0n) is 28.1. The van der Waals surface area contributed by atoms with Gasteiger partial charge in [0.05, 0.1) is 5.58 Å². The maximum atomic E-state index is 13.4. The molecule has 0 spiro atoms. The molecular weight excluding hydrogens is 810 g/mol.